The van der Waals surface area contributed by atoms with Crippen LogP contribution in [0.4, 0.5) is 5.69 Å². The van der Waals surface area contributed by atoms with Gasteiger partial charge in [-0.1, -0.05) is 17.3 Å². The van der Waals surface area contributed by atoms with E-state index in [0.717, 1.165) is 61.6 Å². The predicted octanol–water partition coefficient (Wildman–Crippen LogP) is 3.19. The molecule has 0 unspecified atom stereocenters. The number of hydrogen-bond donors (Lipinski definition) is 0. The van der Waals surface area contributed by atoms with Crippen molar-refractivity contribution in [3.63, 3.8) is 0 Å². The van der Waals surface area contributed by atoms with E-state index in [1.807, 2.05) is 42.2 Å². The van der Waals surface area contributed by atoms with E-state index in [-0.39, 0.29) is 11.9 Å². The van der Waals surface area contributed by atoms with Gasteiger partial charge in [0, 0.05) is 31.4 Å². The summed E-state index contributed by atoms with van der Waals surface area (Å²) in [5.41, 5.74) is 2.63. The van der Waals surface area contributed by atoms with E-state index in [9.17, 15) is 4.79 Å². The smallest absolute Gasteiger partial charge is 0.256 e. The Morgan fingerprint density at radius 1 is 1.15 bits per heavy atom. The van der Waals surface area contributed by atoms with Gasteiger partial charge in [-0.15, -0.1) is 0 Å². The van der Waals surface area contributed by atoms with Gasteiger partial charge in [-0.05, 0) is 38.3 Å². The molecule has 0 aliphatic carbocycles. The van der Waals surface area contributed by atoms with Gasteiger partial charge in [0.2, 0.25) is 0 Å². The lowest BCUT2D eigenvalue weighted by Gasteiger charge is -2.36. The Kier molecular flexibility index (Phi) is 4.93. The minimum Gasteiger partial charge on any atom is -0.378 e. The Balaban J connectivity index is 1.63. The zero-order valence-electron chi connectivity index (χ0n) is 15.2. The molecule has 138 valence electrons. The number of piperidine rings is 1. The third kappa shape index (κ3) is 3.33. The number of likely N-dealkylation sites (tertiary alicyclic amines) is 1. The van der Waals surface area contributed by atoms with Crippen molar-refractivity contribution in [3.8, 4) is 0 Å². The van der Waals surface area contributed by atoms with Crippen LogP contribution in [-0.2, 0) is 4.74 Å². The second-order valence-electron chi connectivity index (χ2n) is 6.99. The number of morpholine rings is 1. The van der Waals surface area contributed by atoms with E-state index in [0.29, 0.717) is 13.2 Å². The molecule has 4 rings (SSSR count). The number of carbonyl (C=O) groups excluding carboxylic acids is 1. The van der Waals surface area contributed by atoms with Crippen LogP contribution in [0.3, 0.4) is 0 Å². The quantitative estimate of drug-likeness (QED) is 0.846. The molecular formula is C20H25N3O3. The largest absolute Gasteiger partial charge is 0.378 e. The Morgan fingerprint density at radius 2 is 1.96 bits per heavy atom. The highest BCUT2D eigenvalue weighted by atomic mass is 16.5. The third-order valence-corrected chi connectivity index (χ3v) is 5.24. The standard InChI is InChI=1S/C20H25N3O3/c1-15-14-17(21-26-15)19-8-4-5-9-23(19)20(24)16-6-2-3-7-18(16)22-10-12-25-13-11-22/h2-3,6-7,14,19H,4-5,8-13H2,1H3/t19-/m1/s1. The molecule has 0 radical (unpaired) electrons. The normalized spacial score (nSPS) is 21.0. The number of benzene rings is 1. The van der Waals surface area contributed by atoms with Crippen molar-refractivity contribution in [2.45, 2.75) is 32.2 Å². The van der Waals surface area contributed by atoms with Crippen LogP contribution in [0.1, 0.15) is 47.1 Å². The van der Waals surface area contributed by atoms with Gasteiger partial charge in [0.05, 0.1) is 24.8 Å². The molecule has 2 aromatic rings. The van der Waals surface area contributed by atoms with E-state index in [1.54, 1.807) is 0 Å². The van der Waals surface area contributed by atoms with Crippen molar-refractivity contribution in [3.05, 3.63) is 47.3 Å². The number of ether oxygens (including phenoxy) is 1. The Bertz CT molecular complexity index is 767. The fraction of sp³-hybridized carbons (Fsp3) is 0.500. The van der Waals surface area contributed by atoms with Crippen LogP contribution in [-0.4, -0.2) is 48.8 Å². The molecule has 0 saturated carbocycles. The molecule has 2 aliphatic rings. The minimum atomic E-state index is -0.00792. The second kappa shape index (κ2) is 7.50. The minimum absolute atomic E-state index is 0.00792. The summed E-state index contributed by atoms with van der Waals surface area (Å²) in [6.07, 6.45) is 3.06. The molecule has 2 fully saturated rings. The first-order valence-electron chi connectivity index (χ1n) is 9.40. The molecule has 1 aromatic carbocycles. The first-order chi connectivity index (χ1) is 12.7. The lowest BCUT2D eigenvalue weighted by Crippen LogP contribution is -2.41. The molecule has 2 saturated heterocycles. The van der Waals surface area contributed by atoms with Crippen LogP contribution in [0.2, 0.25) is 0 Å². The summed E-state index contributed by atoms with van der Waals surface area (Å²) in [7, 11) is 0. The molecule has 0 bridgehead atoms. The summed E-state index contributed by atoms with van der Waals surface area (Å²) in [6.45, 7) is 5.68. The van der Waals surface area contributed by atoms with E-state index in [1.165, 1.54) is 0 Å². The summed E-state index contributed by atoms with van der Waals surface area (Å²) in [5.74, 6) is 0.865. The average molecular weight is 355 g/mol. The molecule has 1 amide bonds. The Labute approximate surface area is 153 Å². The molecule has 6 heteroatoms. The zero-order valence-corrected chi connectivity index (χ0v) is 15.2. The zero-order chi connectivity index (χ0) is 17.9. The molecule has 1 aromatic heterocycles. The fourth-order valence-electron chi connectivity index (χ4n) is 3.91. The molecule has 1 atom stereocenters. The third-order valence-electron chi connectivity index (χ3n) is 5.24. The van der Waals surface area contributed by atoms with Gasteiger partial charge in [-0.2, -0.15) is 0 Å². The maximum Gasteiger partial charge on any atom is 0.256 e. The molecule has 0 N–H and O–H groups in total. The van der Waals surface area contributed by atoms with Crippen molar-refractivity contribution in [1.29, 1.82) is 0 Å². The fourth-order valence-corrected chi connectivity index (χ4v) is 3.91. The highest BCUT2D eigenvalue weighted by Crippen LogP contribution is 2.33. The Hall–Kier alpha value is -2.34. The van der Waals surface area contributed by atoms with Crippen LogP contribution in [0.5, 0.6) is 0 Å². The van der Waals surface area contributed by atoms with Crippen LogP contribution >= 0.6 is 0 Å². The predicted molar refractivity (Wildman–Crippen MR) is 98.3 cm³/mol. The Morgan fingerprint density at radius 3 is 2.73 bits per heavy atom. The summed E-state index contributed by atoms with van der Waals surface area (Å²) in [4.78, 5) is 17.7. The number of para-hydroxylation sites is 1. The number of carbonyl (C=O) groups is 1. The number of anilines is 1. The van der Waals surface area contributed by atoms with E-state index in [4.69, 9.17) is 9.26 Å². The first kappa shape index (κ1) is 17.1. The van der Waals surface area contributed by atoms with Gasteiger partial charge in [0.15, 0.2) is 0 Å². The van der Waals surface area contributed by atoms with Crippen LogP contribution in [0, 0.1) is 6.92 Å². The van der Waals surface area contributed by atoms with Crippen LogP contribution in [0.25, 0.3) is 0 Å². The van der Waals surface area contributed by atoms with Gasteiger partial charge >= 0.3 is 0 Å². The summed E-state index contributed by atoms with van der Waals surface area (Å²) < 4.78 is 10.7. The number of aryl methyl sites for hydroxylation is 1. The summed E-state index contributed by atoms with van der Waals surface area (Å²) in [6, 6.07) is 9.85. The number of aromatic nitrogens is 1. The highest BCUT2D eigenvalue weighted by molar-refractivity contribution is 6.00. The molecule has 6 nitrogen and oxygen atoms in total. The van der Waals surface area contributed by atoms with Crippen molar-refractivity contribution in [2.75, 3.05) is 37.7 Å². The summed E-state index contributed by atoms with van der Waals surface area (Å²) in [5, 5.41) is 4.18. The highest BCUT2D eigenvalue weighted by Gasteiger charge is 2.32. The number of rotatable bonds is 3. The van der Waals surface area contributed by atoms with E-state index in [2.05, 4.69) is 10.1 Å². The van der Waals surface area contributed by atoms with Crippen molar-refractivity contribution < 1.29 is 14.1 Å². The van der Waals surface area contributed by atoms with E-state index >= 15 is 0 Å². The lowest BCUT2D eigenvalue weighted by atomic mass is 9.97. The van der Waals surface area contributed by atoms with Crippen molar-refractivity contribution in [2.24, 2.45) is 0 Å². The molecule has 0 spiro atoms. The SMILES string of the molecule is Cc1cc([C@H]2CCCCN2C(=O)c2ccccc2N2CCOCC2)no1. The average Bonchev–Trinajstić information content (AvgIpc) is 3.14. The number of amides is 1. The van der Waals surface area contributed by atoms with Gasteiger partial charge in [-0.25, -0.2) is 0 Å². The van der Waals surface area contributed by atoms with Gasteiger partial charge in [0.1, 0.15) is 11.5 Å². The summed E-state index contributed by atoms with van der Waals surface area (Å²) >= 11 is 0. The second-order valence-corrected chi connectivity index (χ2v) is 6.99. The van der Waals surface area contributed by atoms with Crippen LogP contribution < -0.4 is 4.90 Å². The molecular weight excluding hydrogens is 330 g/mol. The van der Waals surface area contributed by atoms with Gasteiger partial charge in [-0.3, -0.25) is 4.79 Å². The number of nitrogens with zero attached hydrogens (tertiary/aromatic N) is 3. The van der Waals surface area contributed by atoms with Crippen molar-refractivity contribution >= 4 is 11.6 Å². The monoisotopic (exact) mass is 355 g/mol. The lowest BCUT2D eigenvalue weighted by molar-refractivity contribution is 0.0601. The van der Waals surface area contributed by atoms with Crippen LogP contribution in [0.15, 0.2) is 34.9 Å². The topological polar surface area (TPSA) is 58.8 Å². The first-order valence-corrected chi connectivity index (χ1v) is 9.40. The maximum absolute atomic E-state index is 13.5. The van der Waals surface area contributed by atoms with Gasteiger partial charge < -0.3 is 19.1 Å². The maximum atomic E-state index is 13.5. The van der Waals surface area contributed by atoms with Gasteiger partial charge in [0.25, 0.3) is 5.91 Å². The molecule has 2 aliphatic heterocycles. The number of hydrogen-bond acceptors (Lipinski definition) is 5. The van der Waals surface area contributed by atoms with E-state index < -0.39 is 0 Å². The molecule has 3 heterocycles. The van der Waals surface area contributed by atoms with Crippen molar-refractivity contribution in [1.82, 2.24) is 10.1 Å². The molecule has 26 heavy (non-hydrogen) atoms.